The number of aryl methyl sites for hydroxylation is 1. The third kappa shape index (κ3) is 1.86. The van der Waals surface area contributed by atoms with Crippen molar-refractivity contribution in [1.82, 2.24) is 10.2 Å². The van der Waals surface area contributed by atoms with Crippen molar-refractivity contribution in [3.05, 3.63) is 29.3 Å². The fraction of sp³-hybridized carbons (Fsp3) is 0.500. The lowest BCUT2D eigenvalue weighted by Crippen LogP contribution is -2.34. The highest BCUT2D eigenvalue weighted by Gasteiger charge is 2.38. The molecular formula is C14H18N2O2. The van der Waals surface area contributed by atoms with Gasteiger partial charge in [0.1, 0.15) is 5.75 Å². The molecule has 2 N–H and O–H groups in total. The zero-order valence-corrected chi connectivity index (χ0v) is 10.5. The van der Waals surface area contributed by atoms with E-state index in [0.717, 1.165) is 31.6 Å². The molecule has 2 saturated heterocycles. The Labute approximate surface area is 107 Å². The van der Waals surface area contributed by atoms with Crippen molar-refractivity contribution in [2.45, 2.75) is 19.4 Å². The van der Waals surface area contributed by atoms with Crippen LogP contribution in [0.1, 0.15) is 22.3 Å². The van der Waals surface area contributed by atoms with Gasteiger partial charge in [-0.15, -0.1) is 0 Å². The highest BCUT2D eigenvalue weighted by molar-refractivity contribution is 5.97. The van der Waals surface area contributed by atoms with Crippen molar-refractivity contribution in [3.63, 3.8) is 0 Å². The van der Waals surface area contributed by atoms with Crippen LogP contribution < -0.4 is 5.32 Å². The number of carbonyl (C=O) groups excluding carboxylic acids is 1. The van der Waals surface area contributed by atoms with Crippen LogP contribution in [0.5, 0.6) is 5.75 Å². The van der Waals surface area contributed by atoms with Crippen LogP contribution in [-0.4, -0.2) is 41.6 Å². The molecule has 0 unspecified atom stereocenters. The molecule has 4 nitrogen and oxygen atoms in total. The van der Waals surface area contributed by atoms with Gasteiger partial charge >= 0.3 is 0 Å². The third-order valence-electron chi connectivity index (χ3n) is 4.03. The maximum absolute atomic E-state index is 12.4. The molecule has 2 atom stereocenters. The summed E-state index contributed by atoms with van der Waals surface area (Å²) in [5.74, 6) is 0.615. The molecule has 2 aliphatic rings. The van der Waals surface area contributed by atoms with Crippen LogP contribution >= 0.6 is 0 Å². The predicted molar refractivity (Wildman–Crippen MR) is 68.6 cm³/mol. The second kappa shape index (κ2) is 4.28. The van der Waals surface area contributed by atoms with Crippen LogP contribution in [-0.2, 0) is 0 Å². The third-order valence-corrected chi connectivity index (χ3v) is 4.03. The summed E-state index contributed by atoms with van der Waals surface area (Å²) in [6.07, 6.45) is 1.15. The molecule has 2 heterocycles. The summed E-state index contributed by atoms with van der Waals surface area (Å²) in [5.41, 5.74) is 1.42. The molecule has 0 radical (unpaired) electrons. The zero-order chi connectivity index (χ0) is 12.7. The first-order valence-electron chi connectivity index (χ1n) is 6.47. The van der Waals surface area contributed by atoms with E-state index in [2.05, 4.69) is 5.32 Å². The SMILES string of the molecule is Cc1ccc(O)c(C(=O)N2C[C@@H]3CCN[C@@H]3C2)c1. The first-order chi connectivity index (χ1) is 8.65. The molecule has 96 valence electrons. The smallest absolute Gasteiger partial charge is 0.257 e. The minimum atomic E-state index is -0.0487. The van der Waals surface area contributed by atoms with Gasteiger partial charge in [-0.05, 0) is 37.9 Å². The van der Waals surface area contributed by atoms with Gasteiger partial charge in [-0.1, -0.05) is 11.6 Å². The van der Waals surface area contributed by atoms with Gasteiger partial charge < -0.3 is 15.3 Å². The van der Waals surface area contributed by atoms with Gasteiger partial charge in [0, 0.05) is 19.1 Å². The van der Waals surface area contributed by atoms with Crippen LogP contribution in [0.2, 0.25) is 0 Å². The lowest BCUT2D eigenvalue weighted by molar-refractivity contribution is 0.0779. The van der Waals surface area contributed by atoms with Gasteiger partial charge in [-0.2, -0.15) is 0 Å². The number of carbonyl (C=O) groups is 1. The number of phenolic OH excluding ortho intramolecular Hbond substituents is 1. The molecule has 1 aromatic rings. The molecule has 0 aliphatic carbocycles. The van der Waals surface area contributed by atoms with Gasteiger partial charge in [0.05, 0.1) is 5.56 Å². The molecule has 1 amide bonds. The first-order valence-corrected chi connectivity index (χ1v) is 6.47. The second-order valence-electron chi connectivity index (χ2n) is 5.34. The van der Waals surface area contributed by atoms with Crippen molar-refractivity contribution < 1.29 is 9.90 Å². The minimum Gasteiger partial charge on any atom is -0.507 e. The highest BCUT2D eigenvalue weighted by Crippen LogP contribution is 2.28. The number of nitrogens with one attached hydrogen (secondary N) is 1. The van der Waals surface area contributed by atoms with Crippen molar-refractivity contribution in [1.29, 1.82) is 0 Å². The van der Waals surface area contributed by atoms with E-state index in [0.29, 0.717) is 17.5 Å². The van der Waals surface area contributed by atoms with Crippen LogP contribution in [0.3, 0.4) is 0 Å². The Morgan fingerprint density at radius 3 is 3.06 bits per heavy atom. The average Bonchev–Trinajstić information content (AvgIpc) is 2.91. The molecule has 0 spiro atoms. The summed E-state index contributed by atoms with van der Waals surface area (Å²) in [5, 5.41) is 13.2. The summed E-state index contributed by atoms with van der Waals surface area (Å²) in [6, 6.07) is 5.62. The average molecular weight is 246 g/mol. The van der Waals surface area contributed by atoms with Crippen molar-refractivity contribution in [2.24, 2.45) is 5.92 Å². The van der Waals surface area contributed by atoms with Crippen LogP contribution in [0.4, 0.5) is 0 Å². The van der Waals surface area contributed by atoms with E-state index in [9.17, 15) is 9.90 Å². The summed E-state index contributed by atoms with van der Waals surface area (Å²) in [4.78, 5) is 14.2. The van der Waals surface area contributed by atoms with Crippen molar-refractivity contribution in [2.75, 3.05) is 19.6 Å². The molecule has 18 heavy (non-hydrogen) atoms. The van der Waals surface area contributed by atoms with E-state index in [1.165, 1.54) is 0 Å². The topological polar surface area (TPSA) is 52.6 Å². The van der Waals surface area contributed by atoms with Crippen LogP contribution in [0, 0.1) is 12.8 Å². The molecule has 1 aromatic carbocycles. The standard InChI is InChI=1S/C14H18N2O2/c1-9-2-3-13(17)11(6-9)14(18)16-7-10-4-5-15-12(10)8-16/h2-3,6,10,12,15,17H,4-5,7-8H2,1H3/t10-,12+/m0/s1. The summed E-state index contributed by atoms with van der Waals surface area (Å²) < 4.78 is 0. The number of aromatic hydroxyl groups is 1. The number of phenols is 1. The molecule has 0 aromatic heterocycles. The van der Waals surface area contributed by atoms with Crippen molar-refractivity contribution in [3.8, 4) is 5.75 Å². The van der Waals surface area contributed by atoms with Gasteiger partial charge in [-0.25, -0.2) is 0 Å². The Morgan fingerprint density at radius 2 is 2.28 bits per heavy atom. The summed E-state index contributed by atoms with van der Waals surface area (Å²) in [6.45, 7) is 4.56. The van der Waals surface area contributed by atoms with E-state index in [1.807, 2.05) is 17.9 Å². The van der Waals surface area contributed by atoms with Crippen molar-refractivity contribution >= 4 is 5.91 Å². The number of amides is 1. The van der Waals surface area contributed by atoms with E-state index in [1.54, 1.807) is 12.1 Å². The molecule has 2 aliphatic heterocycles. The fourth-order valence-electron chi connectivity index (χ4n) is 3.01. The minimum absolute atomic E-state index is 0.0487. The first kappa shape index (κ1) is 11.5. The summed E-state index contributed by atoms with van der Waals surface area (Å²) >= 11 is 0. The fourth-order valence-corrected chi connectivity index (χ4v) is 3.01. The Kier molecular flexibility index (Phi) is 2.74. The Hall–Kier alpha value is -1.55. The monoisotopic (exact) mass is 246 g/mol. The Bertz CT molecular complexity index is 475. The molecule has 0 bridgehead atoms. The normalized spacial score (nSPS) is 26.4. The molecule has 0 saturated carbocycles. The maximum atomic E-state index is 12.4. The van der Waals surface area contributed by atoms with E-state index < -0.39 is 0 Å². The molecule has 3 rings (SSSR count). The van der Waals surface area contributed by atoms with E-state index in [4.69, 9.17) is 0 Å². The lowest BCUT2D eigenvalue weighted by atomic mass is 10.1. The molecule has 4 heteroatoms. The van der Waals surface area contributed by atoms with Crippen LogP contribution in [0.25, 0.3) is 0 Å². The number of hydrogen-bond acceptors (Lipinski definition) is 3. The number of hydrogen-bond donors (Lipinski definition) is 2. The maximum Gasteiger partial charge on any atom is 0.257 e. The van der Waals surface area contributed by atoms with Gasteiger partial charge in [-0.3, -0.25) is 4.79 Å². The second-order valence-corrected chi connectivity index (χ2v) is 5.34. The number of nitrogens with zero attached hydrogens (tertiary/aromatic N) is 1. The number of likely N-dealkylation sites (tertiary alicyclic amines) is 1. The predicted octanol–water partition coefficient (Wildman–Crippen LogP) is 1.13. The Morgan fingerprint density at radius 1 is 1.44 bits per heavy atom. The van der Waals surface area contributed by atoms with Gasteiger partial charge in [0.15, 0.2) is 0 Å². The summed E-state index contributed by atoms with van der Waals surface area (Å²) in [7, 11) is 0. The quantitative estimate of drug-likeness (QED) is 0.781. The molecular weight excluding hydrogens is 228 g/mol. The number of fused-ring (bicyclic) bond motifs is 1. The largest absolute Gasteiger partial charge is 0.507 e. The highest BCUT2D eigenvalue weighted by atomic mass is 16.3. The Balaban J connectivity index is 1.81. The number of rotatable bonds is 1. The van der Waals surface area contributed by atoms with Gasteiger partial charge in [0.25, 0.3) is 5.91 Å². The number of benzene rings is 1. The van der Waals surface area contributed by atoms with Gasteiger partial charge in [0.2, 0.25) is 0 Å². The lowest BCUT2D eigenvalue weighted by Gasteiger charge is -2.18. The molecule has 2 fully saturated rings. The zero-order valence-electron chi connectivity index (χ0n) is 10.5. The van der Waals surface area contributed by atoms with E-state index in [-0.39, 0.29) is 11.7 Å². The van der Waals surface area contributed by atoms with E-state index >= 15 is 0 Å². The van der Waals surface area contributed by atoms with Crippen LogP contribution in [0.15, 0.2) is 18.2 Å².